The van der Waals surface area contributed by atoms with E-state index in [1.165, 1.54) is 25.2 Å². The van der Waals surface area contributed by atoms with Crippen molar-refractivity contribution in [1.29, 1.82) is 0 Å². The highest BCUT2D eigenvalue weighted by atomic mass is 32.1. The van der Waals surface area contributed by atoms with Gasteiger partial charge >= 0.3 is 0 Å². The lowest BCUT2D eigenvalue weighted by atomic mass is 10.1. The fourth-order valence-electron chi connectivity index (χ4n) is 2.74. The molecular weight excluding hydrogens is 374 g/mol. The Hall–Kier alpha value is -3.32. The number of hydrogen-bond donors (Lipinski definition) is 1. The van der Waals surface area contributed by atoms with Crippen molar-refractivity contribution in [3.05, 3.63) is 71.0 Å². The van der Waals surface area contributed by atoms with Gasteiger partial charge in [-0.25, -0.2) is 0 Å². The number of aromatic nitrogens is 1. The summed E-state index contributed by atoms with van der Waals surface area (Å²) in [4.78, 5) is 40.1. The summed E-state index contributed by atoms with van der Waals surface area (Å²) in [6.07, 6.45) is 1.74. The van der Waals surface area contributed by atoms with E-state index < -0.39 is 0 Å². The Morgan fingerprint density at radius 3 is 2.39 bits per heavy atom. The van der Waals surface area contributed by atoms with Crippen molar-refractivity contribution < 1.29 is 14.4 Å². The first-order valence-electron chi connectivity index (χ1n) is 8.61. The van der Waals surface area contributed by atoms with E-state index in [0.717, 1.165) is 10.2 Å². The van der Waals surface area contributed by atoms with Crippen molar-refractivity contribution in [2.75, 3.05) is 5.32 Å². The Morgan fingerprint density at radius 2 is 1.79 bits per heavy atom. The number of nitrogens with one attached hydrogen (secondary N) is 1. The van der Waals surface area contributed by atoms with Gasteiger partial charge in [-0.15, -0.1) is 6.58 Å². The molecule has 0 fully saturated rings. The molecule has 0 aliphatic heterocycles. The predicted molar refractivity (Wildman–Crippen MR) is 111 cm³/mol. The van der Waals surface area contributed by atoms with Crippen molar-refractivity contribution in [3.8, 4) is 0 Å². The Bertz CT molecular complexity index is 1150. The van der Waals surface area contributed by atoms with E-state index in [-0.39, 0.29) is 17.6 Å². The second-order valence-electron chi connectivity index (χ2n) is 6.20. The Labute approximate surface area is 165 Å². The van der Waals surface area contributed by atoms with Gasteiger partial charge in [0.15, 0.2) is 10.6 Å². The van der Waals surface area contributed by atoms with Gasteiger partial charge in [0.1, 0.15) is 0 Å². The quantitative estimate of drug-likeness (QED) is 0.529. The van der Waals surface area contributed by atoms with E-state index in [0.29, 0.717) is 28.2 Å². The number of hydrogen-bond acceptors (Lipinski definition) is 4. The van der Waals surface area contributed by atoms with Gasteiger partial charge in [-0.2, -0.15) is 4.99 Å². The van der Waals surface area contributed by atoms with E-state index in [4.69, 9.17) is 0 Å². The molecule has 28 heavy (non-hydrogen) atoms. The number of fused-ring (bicyclic) bond motifs is 1. The van der Waals surface area contributed by atoms with Crippen LogP contribution in [-0.2, 0) is 11.3 Å². The summed E-state index contributed by atoms with van der Waals surface area (Å²) in [6, 6.07) is 12.0. The van der Waals surface area contributed by atoms with Crippen LogP contribution in [0.2, 0.25) is 0 Å². The number of thiazole rings is 1. The molecule has 0 saturated carbocycles. The van der Waals surface area contributed by atoms with Crippen molar-refractivity contribution in [3.63, 3.8) is 0 Å². The zero-order valence-electron chi connectivity index (χ0n) is 15.6. The van der Waals surface area contributed by atoms with E-state index >= 15 is 0 Å². The first kappa shape index (κ1) is 19.4. The number of allylic oxidation sites excluding steroid dienone is 1. The zero-order valence-corrected chi connectivity index (χ0v) is 16.4. The molecule has 0 aliphatic rings. The van der Waals surface area contributed by atoms with Gasteiger partial charge in [0.25, 0.3) is 5.91 Å². The minimum Gasteiger partial charge on any atom is -0.326 e. The van der Waals surface area contributed by atoms with Crippen LogP contribution in [-0.4, -0.2) is 22.2 Å². The molecule has 0 atom stereocenters. The summed E-state index contributed by atoms with van der Waals surface area (Å²) in [5.74, 6) is -0.593. The molecule has 0 saturated heterocycles. The summed E-state index contributed by atoms with van der Waals surface area (Å²) in [5, 5.41) is 2.75. The molecule has 7 heteroatoms. The third-order valence-corrected chi connectivity index (χ3v) is 5.09. The fraction of sp³-hybridized carbons (Fsp3) is 0.143. The molecule has 142 valence electrons. The van der Waals surface area contributed by atoms with Crippen molar-refractivity contribution >= 4 is 44.8 Å². The van der Waals surface area contributed by atoms with E-state index in [9.17, 15) is 14.4 Å². The van der Waals surface area contributed by atoms with Crippen LogP contribution in [0, 0.1) is 0 Å². The van der Waals surface area contributed by atoms with Gasteiger partial charge in [0.05, 0.1) is 10.2 Å². The summed E-state index contributed by atoms with van der Waals surface area (Å²) >= 11 is 1.36. The maximum Gasteiger partial charge on any atom is 0.279 e. The largest absolute Gasteiger partial charge is 0.326 e. The highest BCUT2D eigenvalue weighted by Crippen LogP contribution is 2.22. The van der Waals surface area contributed by atoms with Gasteiger partial charge in [-0.1, -0.05) is 29.5 Å². The number of benzene rings is 2. The third-order valence-electron chi connectivity index (χ3n) is 4.05. The average molecular weight is 393 g/mol. The fourth-order valence-corrected chi connectivity index (χ4v) is 3.82. The number of anilines is 1. The molecule has 0 radical (unpaired) electrons. The molecule has 0 bridgehead atoms. The molecule has 2 amide bonds. The predicted octanol–water partition coefficient (Wildman–Crippen LogP) is 3.79. The molecule has 0 aliphatic carbocycles. The lowest BCUT2D eigenvalue weighted by Crippen LogP contribution is -2.16. The molecule has 3 aromatic rings. The first-order valence-corrected chi connectivity index (χ1v) is 9.42. The van der Waals surface area contributed by atoms with E-state index in [1.807, 2.05) is 22.8 Å². The van der Waals surface area contributed by atoms with Crippen molar-refractivity contribution in [1.82, 2.24) is 4.57 Å². The van der Waals surface area contributed by atoms with Crippen LogP contribution in [0.4, 0.5) is 5.69 Å². The van der Waals surface area contributed by atoms with Crippen LogP contribution in [0.3, 0.4) is 0 Å². The standard InChI is InChI=1S/C21H19N3O3S/c1-4-11-24-18-10-9-17(22-14(3)26)12-19(18)28-21(24)23-20(27)16-7-5-15(6-8-16)13(2)25/h4-10,12H,1,11H2,2-3H3,(H,22,26). The Balaban J connectivity index is 2.05. The zero-order chi connectivity index (χ0) is 20.3. The summed E-state index contributed by atoms with van der Waals surface area (Å²) in [7, 11) is 0. The lowest BCUT2D eigenvalue weighted by molar-refractivity contribution is -0.114. The van der Waals surface area contributed by atoms with E-state index in [2.05, 4.69) is 16.9 Å². The van der Waals surface area contributed by atoms with Crippen LogP contribution >= 0.6 is 11.3 Å². The highest BCUT2D eigenvalue weighted by Gasteiger charge is 2.10. The van der Waals surface area contributed by atoms with Crippen LogP contribution < -0.4 is 10.1 Å². The van der Waals surface area contributed by atoms with Crippen LogP contribution in [0.5, 0.6) is 0 Å². The maximum absolute atomic E-state index is 12.6. The van der Waals surface area contributed by atoms with Gasteiger partial charge in [0, 0.05) is 30.3 Å². The first-order chi connectivity index (χ1) is 13.4. The van der Waals surface area contributed by atoms with Crippen molar-refractivity contribution in [2.45, 2.75) is 20.4 Å². The second-order valence-corrected chi connectivity index (χ2v) is 7.21. The monoisotopic (exact) mass is 393 g/mol. The lowest BCUT2D eigenvalue weighted by Gasteiger charge is -2.04. The molecule has 0 unspecified atom stereocenters. The summed E-state index contributed by atoms with van der Waals surface area (Å²) < 4.78 is 2.79. The number of nitrogens with zero attached hydrogens (tertiary/aromatic N) is 2. The Morgan fingerprint density at radius 1 is 1.11 bits per heavy atom. The Kier molecular flexibility index (Phi) is 5.65. The van der Waals surface area contributed by atoms with Crippen LogP contribution in [0.15, 0.2) is 60.1 Å². The van der Waals surface area contributed by atoms with E-state index in [1.54, 1.807) is 30.3 Å². The average Bonchev–Trinajstić information content (AvgIpc) is 2.98. The topological polar surface area (TPSA) is 80.5 Å². The molecular formula is C21H19N3O3S. The number of rotatable bonds is 5. The highest BCUT2D eigenvalue weighted by molar-refractivity contribution is 7.16. The normalized spacial score (nSPS) is 11.4. The van der Waals surface area contributed by atoms with Gasteiger partial charge in [-0.3, -0.25) is 14.4 Å². The summed E-state index contributed by atoms with van der Waals surface area (Å²) in [5.41, 5.74) is 2.54. The minimum absolute atomic E-state index is 0.0563. The second kappa shape index (κ2) is 8.14. The number of carbonyl (C=O) groups excluding carboxylic acids is 3. The number of carbonyl (C=O) groups is 3. The maximum atomic E-state index is 12.6. The number of amides is 2. The minimum atomic E-state index is -0.387. The summed E-state index contributed by atoms with van der Waals surface area (Å²) in [6.45, 7) is 7.20. The molecule has 0 spiro atoms. The van der Waals surface area contributed by atoms with Crippen molar-refractivity contribution in [2.24, 2.45) is 4.99 Å². The van der Waals surface area contributed by atoms with Crippen LogP contribution in [0.25, 0.3) is 10.2 Å². The SMILES string of the molecule is C=CCn1c(=NC(=O)c2ccc(C(C)=O)cc2)sc2cc(NC(C)=O)ccc21. The van der Waals surface area contributed by atoms with Crippen LogP contribution in [0.1, 0.15) is 34.6 Å². The molecule has 1 N–H and O–H groups in total. The van der Waals surface area contributed by atoms with Gasteiger partial charge < -0.3 is 9.88 Å². The van der Waals surface area contributed by atoms with Gasteiger partial charge in [-0.05, 0) is 37.3 Å². The smallest absolute Gasteiger partial charge is 0.279 e. The number of Topliss-reactive ketones (excluding diaryl/α,β-unsaturated/α-hetero) is 1. The van der Waals surface area contributed by atoms with Gasteiger partial charge in [0.2, 0.25) is 5.91 Å². The molecule has 3 rings (SSSR count). The molecule has 2 aromatic carbocycles. The third kappa shape index (κ3) is 4.15. The number of ketones is 1. The molecule has 6 nitrogen and oxygen atoms in total. The molecule has 1 heterocycles. The molecule has 1 aromatic heterocycles.